The Morgan fingerprint density at radius 2 is 1.80 bits per heavy atom. The number of primary amides is 1. The molecule has 10 heteroatoms. The second kappa shape index (κ2) is 8.73. The molecule has 210 valence electrons. The maximum Gasteiger partial charge on any atom is 0.255 e. The third-order valence-corrected chi connectivity index (χ3v) is 8.91. The van der Waals surface area contributed by atoms with Gasteiger partial charge in [-0.15, -0.1) is 0 Å². The van der Waals surface area contributed by atoms with Crippen LogP contribution in [0.3, 0.4) is 0 Å². The number of phenolic OH excluding ortho intramolecular Hbond substituents is 1. The number of benzene rings is 2. The van der Waals surface area contributed by atoms with Gasteiger partial charge in [-0.25, -0.2) is 0 Å². The number of carbonyl (C=O) groups is 3. The van der Waals surface area contributed by atoms with Crippen molar-refractivity contribution in [1.29, 1.82) is 0 Å². The van der Waals surface area contributed by atoms with E-state index < -0.39 is 57.5 Å². The Hall–Kier alpha value is -4.54. The second-order valence-electron chi connectivity index (χ2n) is 11.6. The summed E-state index contributed by atoms with van der Waals surface area (Å²) < 4.78 is 0. The molecule has 6 N–H and O–H groups in total. The Morgan fingerprint density at radius 1 is 1.10 bits per heavy atom. The van der Waals surface area contributed by atoms with Gasteiger partial charge in [0.05, 0.1) is 17.1 Å². The lowest BCUT2D eigenvalue weighted by atomic mass is 9.52. The number of pyridine rings is 1. The zero-order valence-corrected chi connectivity index (χ0v) is 22.7. The molecule has 1 saturated carbocycles. The smallest absolute Gasteiger partial charge is 0.255 e. The fraction of sp³-hybridized carbons (Fsp3) is 0.290. The molecule has 4 atom stereocenters. The summed E-state index contributed by atoms with van der Waals surface area (Å²) in [5.41, 5.74) is 3.39. The van der Waals surface area contributed by atoms with E-state index in [1.807, 2.05) is 30.3 Å². The molecule has 1 fully saturated rings. The van der Waals surface area contributed by atoms with E-state index in [2.05, 4.69) is 4.98 Å². The summed E-state index contributed by atoms with van der Waals surface area (Å²) in [6.07, 6.45) is 1.86. The molecule has 1 aromatic heterocycles. The molecule has 0 spiro atoms. The van der Waals surface area contributed by atoms with E-state index in [9.17, 15) is 34.8 Å². The van der Waals surface area contributed by atoms with Crippen molar-refractivity contribution in [1.82, 2.24) is 9.88 Å². The second-order valence-corrected chi connectivity index (χ2v) is 11.6. The van der Waals surface area contributed by atoms with Gasteiger partial charge in [0.15, 0.2) is 11.4 Å². The highest BCUT2D eigenvalue weighted by Crippen LogP contribution is 2.58. The summed E-state index contributed by atoms with van der Waals surface area (Å²) in [7, 11) is 3.14. The van der Waals surface area contributed by atoms with Crippen molar-refractivity contribution in [3.05, 3.63) is 76.7 Å². The lowest BCUT2D eigenvalue weighted by Crippen LogP contribution is -2.67. The van der Waals surface area contributed by atoms with Gasteiger partial charge >= 0.3 is 0 Å². The van der Waals surface area contributed by atoms with Crippen LogP contribution in [0.2, 0.25) is 0 Å². The summed E-state index contributed by atoms with van der Waals surface area (Å²) >= 11 is 0. The number of hydrogen-bond acceptors (Lipinski definition) is 9. The number of aromatic hydroxyl groups is 1. The summed E-state index contributed by atoms with van der Waals surface area (Å²) in [5.74, 6) is -6.19. The summed E-state index contributed by atoms with van der Waals surface area (Å²) in [6, 6.07) is 11.5. The van der Waals surface area contributed by atoms with Crippen molar-refractivity contribution in [2.24, 2.45) is 17.1 Å². The van der Waals surface area contributed by atoms with Crippen LogP contribution in [-0.4, -0.2) is 73.5 Å². The quantitative estimate of drug-likeness (QED) is 0.304. The van der Waals surface area contributed by atoms with Gasteiger partial charge in [0, 0.05) is 34.1 Å². The van der Waals surface area contributed by atoms with Crippen LogP contribution in [0.1, 0.15) is 24.5 Å². The van der Waals surface area contributed by atoms with E-state index in [1.54, 1.807) is 33.3 Å². The first-order valence-electron chi connectivity index (χ1n) is 13.2. The van der Waals surface area contributed by atoms with Gasteiger partial charge in [-0.3, -0.25) is 24.3 Å². The average Bonchev–Trinajstić information content (AvgIpc) is 2.90. The van der Waals surface area contributed by atoms with Crippen LogP contribution in [-0.2, 0) is 20.8 Å². The van der Waals surface area contributed by atoms with Crippen LogP contribution in [0.15, 0.2) is 65.6 Å². The van der Waals surface area contributed by atoms with Gasteiger partial charge in [-0.05, 0) is 56.3 Å². The fourth-order valence-corrected chi connectivity index (χ4v) is 7.10. The maximum atomic E-state index is 14.2. The van der Waals surface area contributed by atoms with E-state index in [0.29, 0.717) is 11.1 Å². The van der Waals surface area contributed by atoms with Crippen LogP contribution >= 0.6 is 0 Å². The Kier molecular flexibility index (Phi) is 5.68. The number of hydrogen-bond donors (Lipinski definition) is 5. The van der Waals surface area contributed by atoms with Crippen LogP contribution in [0.4, 0.5) is 0 Å². The monoisotopic (exact) mass is 555 g/mol. The van der Waals surface area contributed by atoms with Crippen LogP contribution in [0.25, 0.3) is 27.8 Å². The van der Waals surface area contributed by atoms with Gasteiger partial charge in [0.1, 0.15) is 22.8 Å². The first-order valence-corrected chi connectivity index (χ1v) is 13.2. The number of Topliss-reactive ketones (excluding diaryl/α,β-unsaturated/α-hetero) is 2. The Labute approximate surface area is 235 Å². The normalized spacial score (nSPS) is 27.6. The number of carbonyl (C=O) groups excluding carboxylic acids is 3. The minimum absolute atomic E-state index is 0.0101. The molecule has 10 nitrogen and oxygen atoms in total. The molecule has 0 radical (unpaired) electrons. The zero-order valence-electron chi connectivity index (χ0n) is 22.7. The summed E-state index contributed by atoms with van der Waals surface area (Å²) in [4.78, 5) is 45.7. The minimum Gasteiger partial charge on any atom is -0.508 e. The van der Waals surface area contributed by atoms with E-state index in [-0.39, 0.29) is 29.7 Å². The number of aromatic nitrogens is 1. The predicted octanol–water partition coefficient (Wildman–Crippen LogP) is 2.57. The molecule has 3 aromatic rings. The van der Waals surface area contributed by atoms with Gasteiger partial charge in [0.2, 0.25) is 5.78 Å². The van der Waals surface area contributed by atoms with Crippen LogP contribution < -0.4 is 5.73 Å². The lowest BCUT2D eigenvalue weighted by molar-refractivity contribution is -0.156. The number of likely N-dealkylation sites (N-methyl/N-ethyl adjacent to an activating group) is 1. The topological polar surface area (TPSA) is 174 Å². The highest BCUT2D eigenvalue weighted by molar-refractivity contribution is 6.24. The highest BCUT2D eigenvalue weighted by Gasteiger charge is 2.66. The van der Waals surface area contributed by atoms with Crippen molar-refractivity contribution in [3.8, 4) is 16.9 Å². The van der Waals surface area contributed by atoms with Crippen molar-refractivity contribution in [2.45, 2.75) is 31.4 Å². The molecule has 6 rings (SSSR count). The zero-order chi connectivity index (χ0) is 29.6. The molecule has 0 saturated heterocycles. The van der Waals surface area contributed by atoms with Crippen molar-refractivity contribution in [2.75, 3.05) is 14.1 Å². The average molecular weight is 556 g/mol. The third kappa shape index (κ3) is 3.50. The van der Waals surface area contributed by atoms with Gasteiger partial charge < -0.3 is 26.2 Å². The number of fused-ring (bicyclic) bond motifs is 4. The van der Waals surface area contributed by atoms with E-state index in [1.165, 1.54) is 11.0 Å². The lowest BCUT2D eigenvalue weighted by Gasteiger charge is -2.54. The molecule has 0 unspecified atom stereocenters. The molecule has 0 bridgehead atoms. The first-order chi connectivity index (χ1) is 19.3. The number of aliphatic hydroxyl groups is 3. The van der Waals surface area contributed by atoms with E-state index in [4.69, 9.17) is 5.73 Å². The molecular formula is C31H29N3O7. The summed E-state index contributed by atoms with van der Waals surface area (Å²) in [6.45, 7) is 1.74. The Morgan fingerprint density at radius 3 is 2.49 bits per heavy atom. The predicted molar refractivity (Wildman–Crippen MR) is 150 cm³/mol. The van der Waals surface area contributed by atoms with Gasteiger partial charge in [-0.1, -0.05) is 31.2 Å². The maximum absolute atomic E-state index is 14.2. The largest absolute Gasteiger partial charge is 0.508 e. The van der Waals surface area contributed by atoms with E-state index >= 15 is 0 Å². The number of para-hydroxylation sites is 1. The van der Waals surface area contributed by atoms with Crippen molar-refractivity contribution >= 4 is 34.1 Å². The van der Waals surface area contributed by atoms with Crippen molar-refractivity contribution < 1.29 is 34.8 Å². The molecule has 0 aliphatic heterocycles. The van der Waals surface area contributed by atoms with Crippen LogP contribution in [0, 0.1) is 11.3 Å². The van der Waals surface area contributed by atoms with Crippen LogP contribution in [0.5, 0.6) is 5.75 Å². The molecule has 3 aliphatic carbocycles. The fourth-order valence-electron chi connectivity index (χ4n) is 7.10. The number of nitrogens with two attached hydrogens (primary N) is 1. The Balaban J connectivity index is 1.59. The first kappa shape index (κ1) is 26.7. The standard InChI is InChI=1S/C31H29N3O7/c1-30-11-17-16(15-10-14-6-4-5-7-19(14)33-13-15)8-9-20(35)21(17)25(36)23(30)28(39)31(41)18(12-30)24(34(2)3)26(37)22(27(31)38)29(32)40/h4-10,13,18,24,35-36,38,41H,11-12H2,1-3H3,(H2,32,40)/t18-,24+,30-,31+/m0/s1. The molecule has 2 aromatic carbocycles. The molecule has 3 aliphatic rings. The summed E-state index contributed by atoms with van der Waals surface area (Å²) in [5, 5.41) is 46.3. The Bertz CT molecular complexity index is 1770. The number of phenols is 1. The number of ketones is 2. The highest BCUT2D eigenvalue weighted by atomic mass is 16.3. The SMILES string of the molecule is CN(C)[C@H]1C(=O)C(C(N)=O)=C(O)[C@@]2(O)C(=O)C3=C(O)c4c(O)ccc(-c5cnc6ccccc6c5)c4C[C@@]3(C)C[C@@H]12. The number of amides is 1. The van der Waals surface area contributed by atoms with Crippen molar-refractivity contribution in [3.63, 3.8) is 0 Å². The minimum atomic E-state index is -2.69. The molecular weight excluding hydrogens is 526 g/mol. The third-order valence-electron chi connectivity index (χ3n) is 8.91. The number of nitrogens with zero attached hydrogens (tertiary/aromatic N) is 2. The molecule has 1 heterocycles. The molecule has 41 heavy (non-hydrogen) atoms. The number of aliphatic hydroxyl groups excluding tert-OH is 2. The number of rotatable bonds is 3. The van der Waals surface area contributed by atoms with Gasteiger partial charge in [-0.2, -0.15) is 0 Å². The molecule has 1 amide bonds. The van der Waals surface area contributed by atoms with Gasteiger partial charge in [0.25, 0.3) is 5.91 Å². The van der Waals surface area contributed by atoms with E-state index in [0.717, 1.165) is 16.5 Å².